The first-order chi connectivity index (χ1) is 7.30. The zero-order valence-corrected chi connectivity index (χ0v) is 10.8. The third-order valence-corrected chi connectivity index (χ3v) is 5.75. The van der Waals surface area contributed by atoms with Crippen molar-refractivity contribution >= 4 is 5.97 Å². The third kappa shape index (κ3) is 1.01. The highest BCUT2D eigenvalue weighted by Gasteiger charge is 2.68. The Morgan fingerprint density at radius 1 is 1.12 bits per heavy atom. The Labute approximate surface area is 97.7 Å². The molecular formula is C14H22O2. The summed E-state index contributed by atoms with van der Waals surface area (Å²) >= 11 is 0. The molecule has 0 radical (unpaired) electrons. The van der Waals surface area contributed by atoms with Crippen LogP contribution < -0.4 is 0 Å². The van der Waals surface area contributed by atoms with Crippen molar-refractivity contribution in [3.63, 3.8) is 0 Å². The zero-order valence-electron chi connectivity index (χ0n) is 10.8. The molecule has 2 heterocycles. The van der Waals surface area contributed by atoms with Gasteiger partial charge in [0, 0.05) is 5.92 Å². The van der Waals surface area contributed by atoms with E-state index < -0.39 is 0 Å². The fourth-order valence-electron chi connectivity index (χ4n) is 4.88. The van der Waals surface area contributed by atoms with Crippen molar-refractivity contribution in [2.24, 2.45) is 22.7 Å². The molecule has 2 saturated heterocycles. The number of hydrogen-bond acceptors (Lipinski definition) is 2. The van der Waals surface area contributed by atoms with Crippen molar-refractivity contribution in [2.75, 3.05) is 0 Å². The fourth-order valence-corrected chi connectivity index (χ4v) is 4.88. The number of fused-ring (bicyclic) bond motifs is 2. The van der Waals surface area contributed by atoms with E-state index in [1.54, 1.807) is 0 Å². The molecule has 4 aliphatic rings. The Hall–Kier alpha value is -0.530. The van der Waals surface area contributed by atoms with Gasteiger partial charge in [-0.2, -0.15) is 0 Å². The number of carbonyl (C=O) groups excluding carboxylic acids is 1. The van der Waals surface area contributed by atoms with Crippen molar-refractivity contribution in [1.29, 1.82) is 0 Å². The molecule has 0 spiro atoms. The van der Waals surface area contributed by atoms with Crippen LogP contribution in [0.15, 0.2) is 0 Å². The third-order valence-electron chi connectivity index (χ3n) is 5.75. The minimum absolute atomic E-state index is 0.0696. The summed E-state index contributed by atoms with van der Waals surface area (Å²) in [5.74, 6) is 1.19. The van der Waals surface area contributed by atoms with Crippen LogP contribution in [0.2, 0.25) is 0 Å². The maximum absolute atomic E-state index is 12.1. The molecule has 16 heavy (non-hydrogen) atoms. The lowest BCUT2D eigenvalue weighted by atomic mass is 9.53. The van der Waals surface area contributed by atoms with Crippen LogP contribution in [0.5, 0.6) is 0 Å². The average Bonchev–Trinajstić information content (AvgIpc) is 2.49. The number of ether oxygens (including phenoxy) is 1. The summed E-state index contributed by atoms with van der Waals surface area (Å²) in [6, 6.07) is 0. The minimum atomic E-state index is -0.184. The summed E-state index contributed by atoms with van der Waals surface area (Å²) in [5, 5.41) is 0. The van der Waals surface area contributed by atoms with Gasteiger partial charge in [-0.15, -0.1) is 0 Å². The Morgan fingerprint density at radius 2 is 1.81 bits per heavy atom. The number of carbonyl (C=O) groups is 1. The van der Waals surface area contributed by atoms with Crippen LogP contribution in [0, 0.1) is 22.7 Å². The molecule has 0 N–H and O–H groups in total. The standard InChI is InChI=1S/C14H22O2/c1-12(2)6-5-9-10(12)14(4)8-7-13(9,3)11(15)16-14/h9-10H,5-8H2,1-4H3. The monoisotopic (exact) mass is 222 g/mol. The van der Waals surface area contributed by atoms with Crippen molar-refractivity contribution in [2.45, 2.75) is 59.0 Å². The maximum Gasteiger partial charge on any atom is 0.312 e. The molecule has 4 atom stereocenters. The van der Waals surface area contributed by atoms with Crippen LogP contribution >= 0.6 is 0 Å². The first-order valence-electron chi connectivity index (χ1n) is 6.53. The SMILES string of the molecule is CC1(C)CCC2C1C1(C)CCC2(C)C(=O)O1. The summed E-state index contributed by atoms with van der Waals surface area (Å²) in [6.07, 6.45) is 4.53. The lowest BCUT2D eigenvalue weighted by molar-refractivity contribution is -0.233. The van der Waals surface area contributed by atoms with E-state index in [4.69, 9.17) is 4.74 Å². The molecule has 2 bridgehead atoms. The smallest absolute Gasteiger partial charge is 0.312 e. The fraction of sp³-hybridized carbons (Fsp3) is 0.929. The van der Waals surface area contributed by atoms with Gasteiger partial charge in [-0.25, -0.2) is 0 Å². The zero-order chi connectivity index (χ0) is 11.8. The van der Waals surface area contributed by atoms with Crippen LogP contribution in [-0.2, 0) is 9.53 Å². The molecule has 0 amide bonds. The normalized spacial score (nSPS) is 53.6. The predicted octanol–water partition coefficient (Wildman–Crippen LogP) is 3.15. The molecule has 0 aromatic carbocycles. The summed E-state index contributed by atoms with van der Waals surface area (Å²) in [6.45, 7) is 8.99. The van der Waals surface area contributed by atoms with E-state index in [0.29, 0.717) is 17.3 Å². The topological polar surface area (TPSA) is 26.3 Å². The average molecular weight is 222 g/mol. The first kappa shape index (κ1) is 10.6. The Morgan fingerprint density at radius 3 is 2.44 bits per heavy atom. The first-order valence-corrected chi connectivity index (χ1v) is 6.53. The van der Waals surface area contributed by atoms with Crippen LogP contribution in [0.25, 0.3) is 0 Å². The van der Waals surface area contributed by atoms with Gasteiger partial charge in [0.05, 0.1) is 5.41 Å². The second-order valence-electron chi connectivity index (χ2n) is 7.23. The maximum atomic E-state index is 12.1. The van der Waals surface area contributed by atoms with Gasteiger partial charge < -0.3 is 4.74 Å². The van der Waals surface area contributed by atoms with Gasteiger partial charge >= 0.3 is 5.97 Å². The van der Waals surface area contributed by atoms with Gasteiger partial charge in [0.15, 0.2) is 0 Å². The minimum Gasteiger partial charge on any atom is -0.459 e. The Balaban J connectivity index is 2.11. The van der Waals surface area contributed by atoms with Gasteiger partial charge in [0.1, 0.15) is 5.60 Å². The Bertz CT molecular complexity index is 360. The summed E-state index contributed by atoms with van der Waals surface area (Å²) in [7, 11) is 0. The van der Waals surface area contributed by atoms with Crippen LogP contribution in [0.1, 0.15) is 53.4 Å². The van der Waals surface area contributed by atoms with Gasteiger partial charge in [-0.1, -0.05) is 13.8 Å². The highest BCUT2D eigenvalue weighted by atomic mass is 16.6. The molecule has 4 fully saturated rings. The van der Waals surface area contributed by atoms with Crippen molar-refractivity contribution in [3.8, 4) is 0 Å². The lowest BCUT2D eigenvalue weighted by Gasteiger charge is -2.59. The van der Waals surface area contributed by atoms with Crippen LogP contribution in [0.3, 0.4) is 0 Å². The van der Waals surface area contributed by atoms with E-state index in [9.17, 15) is 4.79 Å². The van der Waals surface area contributed by atoms with E-state index in [0.717, 1.165) is 12.8 Å². The largest absolute Gasteiger partial charge is 0.459 e. The van der Waals surface area contributed by atoms with Gasteiger partial charge in [0.25, 0.3) is 0 Å². The molecule has 0 aromatic rings. The lowest BCUT2D eigenvalue weighted by Crippen LogP contribution is -2.63. The molecule has 2 saturated carbocycles. The molecule has 0 aromatic heterocycles. The summed E-state index contributed by atoms with van der Waals surface area (Å²) < 4.78 is 5.79. The number of hydrogen-bond donors (Lipinski definition) is 0. The molecule has 4 unspecified atom stereocenters. The van der Waals surface area contributed by atoms with Gasteiger partial charge in [-0.05, 0) is 50.9 Å². The summed E-state index contributed by atoms with van der Waals surface area (Å²) in [4.78, 5) is 12.1. The summed E-state index contributed by atoms with van der Waals surface area (Å²) in [5.41, 5.74) is -0.0303. The van der Waals surface area contributed by atoms with E-state index in [-0.39, 0.29) is 17.0 Å². The number of rotatable bonds is 0. The van der Waals surface area contributed by atoms with Gasteiger partial charge in [-0.3, -0.25) is 4.79 Å². The van der Waals surface area contributed by atoms with E-state index >= 15 is 0 Å². The van der Waals surface area contributed by atoms with Crippen molar-refractivity contribution in [3.05, 3.63) is 0 Å². The molecule has 90 valence electrons. The second-order valence-corrected chi connectivity index (χ2v) is 7.23. The highest BCUT2D eigenvalue weighted by Crippen LogP contribution is 2.66. The molecule has 2 aliphatic carbocycles. The van der Waals surface area contributed by atoms with E-state index in [2.05, 4.69) is 27.7 Å². The second kappa shape index (κ2) is 2.65. The Kier molecular flexibility index (Phi) is 1.76. The number of esters is 1. The molecule has 2 aliphatic heterocycles. The van der Waals surface area contributed by atoms with Crippen LogP contribution in [0.4, 0.5) is 0 Å². The molecular weight excluding hydrogens is 200 g/mol. The molecule has 4 rings (SSSR count). The predicted molar refractivity (Wildman–Crippen MR) is 61.8 cm³/mol. The van der Waals surface area contributed by atoms with E-state index in [1.165, 1.54) is 12.8 Å². The highest BCUT2D eigenvalue weighted by molar-refractivity contribution is 5.79. The molecule has 2 nitrogen and oxygen atoms in total. The van der Waals surface area contributed by atoms with Crippen molar-refractivity contribution < 1.29 is 9.53 Å². The quantitative estimate of drug-likeness (QED) is 0.588. The van der Waals surface area contributed by atoms with Gasteiger partial charge in [0.2, 0.25) is 0 Å². The van der Waals surface area contributed by atoms with Crippen LogP contribution in [-0.4, -0.2) is 11.6 Å². The van der Waals surface area contributed by atoms with E-state index in [1.807, 2.05) is 0 Å². The van der Waals surface area contributed by atoms with Crippen molar-refractivity contribution in [1.82, 2.24) is 0 Å². The molecule has 2 heteroatoms.